The SMILES string of the molecule is Cc1cccc(C(=O)OCC(=O)c2cc(C)n(-c3cc(C)on3)c2C)c1. The lowest BCUT2D eigenvalue weighted by Crippen LogP contribution is -2.15. The topological polar surface area (TPSA) is 74.3 Å². The second-order valence-corrected chi connectivity index (χ2v) is 6.28. The summed E-state index contributed by atoms with van der Waals surface area (Å²) in [5.74, 6) is 0.536. The van der Waals surface area contributed by atoms with Gasteiger partial charge in [-0.15, -0.1) is 0 Å². The average molecular weight is 352 g/mol. The predicted molar refractivity (Wildman–Crippen MR) is 95.8 cm³/mol. The quantitative estimate of drug-likeness (QED) is 0.516. The molecule has 6 nitrogen and oxygen atoms in total. The van der Waals surface area contributed by atoms with Crippen molar-refractivity contribution in [1.29, 1.82) is 0 Å². The second kappa shape index (κ2) is 7.00. The van der Waals surface area contributed by atoms with Gasteiger partial charge in [0.15, 0.2) is 12.4 Å². The maximum absolute atomic E-state index is 12.5. The summed E-state index contributed by atoms with van der Waals surface area (Å²) in [5, 5.41) is 3.99. The van der Waals surface area contributed by atoms with Crippen LogP contribution in [0.25, 0.3) is 5.82 Å². The number of nitrogens with zero attached hydrogens (tertiary/aromatic N) is 2. The molecule has 3 aromatic rings. The zero-order valence-electron chi connectivity index (χ0n) is 15.2. The van der Waals surface area contributed by atoms with E-state index in [2.05, 4.69) is 5.16 Å². The van der Waals surface area contributed by atoms with Gasteiger partial charge in [0, 0.05) is 23.0 Å². The van der Waals surface area contributed by atoms with Crippen LogP contribution in [-0.4, -0.2) is 28.1 Å². The molecule has 0 unspecified atom stereocenters. The van der Waals surface area contributed by atoms with Gasteiger partial charge in [-0.05, 0) is 45.9 Å². The summed E-state index contributed by atoms with van der Waals surface area (Å²) in [6.07, 6.45) is 0. The van der Waals surface area contributed by atoms with Gasteiger partial charge in [-0.25, -0.2) is 4.79 Å². The number of carbonyl (C=O) groups is 2. The number of hydrogen-bond donors (Lipinski definition) is 0. The minimum absolute atomic E-state index is 0.259. The van der Waals surface area contributed by atoms with Crippen molar-refractivity contribution in [2.24, 2.45) is 0 Å². The molecule has 6 heteroatoms. The van der Waals surface area contributed by atoms with E-state index in [-0.39, 0.29) is 12.4 Å². The van der Waals surface area contributed by atoms with E-state index < -0.39 is 5.97 Å². The number of carbonyl (C=O) groups excluding carboxylic acids is 2. The molecule has 134 valence electrons. The van der Waals surface area contributed by atoms with Crippen molar-refractivity contribution in [2.45, 2.75) is 27.7 Å². The summed E-state index contributed by atoms with van der Waals surface area (Å²) in [6, 6.07) is 10.6. The molecule has 1 aromatic carbocycles. The lowest BCUT2D eigenvalue weighted by atomic mass is 10.1. The van der Waals surface area contributed by atoms with Gasteiger partial charge in [0.05, 0.1) is 5.56 Å². The van der Waals surface area contributed by atoms with Crippen LogP contribution >= 0.6 is 0 Å². The van der Waals surface area contributed by atoms with E-state index in [0.717, 1.165) is 17.0 Å². The molecular weight excluding hydrogens is 332 g/mol. The highest BCUT2D eigenvalue weighted by Gasteiger charge is 2.20. The van der Waals surface area contributed by atoms with E-state index in [1.807, 2.05) is 38.3 Å². The van der Waals surface area contributed by atoms with Gasteiger partial charge >= 0.3 is 5.97 Å². The fraction of sp³-hybridized carbons (Fsp3) is 0.250. The summed E-state index contributed by atoms with van der Waals surface area (Å²) in [6.45, 7) is 7.10. The monoisotopic (exact) mass is 352 g/mol. The van der Waals surface area contributed by atoms with E-state index in [1.54, 1.807) is 30.3 Å². The molecule has 0 amide bonds. The standard InChI is InChI=1S/C20H20N2O4/c1-12-6-5-7-16(8-12)20(24)25-11-18(23)17-9-13(2)22(15(17)4)19-10-14(3)26-21-19/h5-10H,11H2,1-4H3. The van der Waals surface area contributed by atoms with E-state index in [0.29, 0.717) is 22.7 Å². The summed E-state index contributed by atoms with van der Waals surface area (Å²) in [7, 11) is 0. The molecule has 0 spiro atoms. The van der Waals surface area contributed by atoms with Gasteiger partial charge in [0.1, 0.15) is 5.76 Å². The molecule has 0 aliphatic carbocycles. The molecule has 0 saturated carbocycles. The number of rotatable bonds is 5. The van der Waals surface area contributed by atoms with Crippen LogP contribution in [0.5, 0.6) is 0 Å². The predicted octanol–water partition coefficient (Wildman–Crippen LogP) is 3.74. The van der Waals surface area contributed by atoms with Crippen LogP contribution in [0.3, 0.4) is 0 Å². The molecule has 0 saturated heterocycles. The third-order valence-corrected chi connectivity index (χ3v) is 4.16. The number of aromatic nitrogens is 2. The van der Waals surface area contributed by atoms with Gasteiger partial charge in [0.2, 0.25) is 5.78 Å². The Morgan fingerprint density at radius 2 is 1.88 bits per heavy atom. The van der Waals surface area contributed by atoms with Crippen LogP contribution in [0.15, 0.2) is 40.9 Å². The van der Waals surface area contributed by atoms with Crippen molar-refractivity contribution in [1.82, 2.24) is 9.72 Å². The second-order valence-electron chi connectivity index (χ2n) is 6.28. The van der Waals surface area contributed by atoms with Crippen LogP contribution in [0.1, 0.15) is 43.4 Å². The molecule has 3 rings (SSSR count). The van der Waals surface area contributed by atoms with Crippen molar-refractivity contribution in [2.75, 3.05) is 6.61 Å². The van der Waals surface area contributed by atoms with Crippen LogP contribution in [0.2, 0.25) is 0 Å². The van der Waals surface area contributed by atoms with Crippen LogP contribution in [-0.2, 0) is 4.74 Å². The van der Waals surface area contributed by atoms with Gasteiger partial charge < -0.3 is 9.26 Å². The highest BCUT2D eigenvalue weighted by Crippen LogP contribution is 2.21. The zero-order valence-corrected chi connectivity index (χ0v) is 15.2. The number of Topliss-reactive ketones (excluding diaryl/α,β-unsaturated/α-hetero) is 1. The number of ether oxygens (including phenoxy) is 1. The van der Waals surface area contributed by atoms with Crippen molar-refractivity contribution in [3.8, 4) is 5.82 Å². The van der Waals surface area contributed by atoms with E-state index >= 15 is 0 Å². The molecule has 0 radical (unpaired) electrons. The molecule has 0 aliphatic rings. The van der Waals surface area contributed by atoms with Crippen LogP contribution < -0.4 is 0 Å². The summed E-state index contributed by atoms with van der Waals surface area (Å²) in [5.41, 5.74) is 3.47. The Hall–Kier alpha value is -3.15. The first-order chi connectivity index (χ1) is 12.4. The van der Waals surface area contributed by atoms with Gasteiger partial charge in [0.25, 0.3) is 0 Å². The Morgan fingerprint density at radius 1 is 1.12 bits per heavy atom. The molecule has 2 heterocycles. The third kappa shape index (κ3) is 3.44. The Bertz CT molecular complexity index is 982. The first-order valence-electron chi connectivity index (χ1n) is 8.26. The van der Waals surface area contributed by atoms with Gasteiger partial charge in [-0.2, -0.15) is 0 Å². The largest absolute Gasteiger partial charge is 0.454 e. The van der Waals surface area contributed by atoms with E-state index in [4.69, 9.17) is 9.26 Å². The fourth-order valence-electron chi connectivity index (χ4n) is 2.92. The summed E-state index contributed by atoms with van der Waals surface area (Å²) >= 11 is 0. The number of aryl methyl sites for hydroxylation is 3. The molecular formula is C20H20N2O4. The van der Waals surface area contributed by atoms with E-state index in [1.165, 1.54) is 0 Å². The van der Waals surface area contributed by atoms with Crippen LogP contribution in [0.4, 0.5) is 0 Å². The highest BCUT2D eigenvalue weighted by molar-refractivity contribution is 6.00. The molecule has 0 fully saturated rings. The van der Waals surface area contributed by atoms with Crippen LogP contribution in [0, 0.1) is 27.7 Å². The Balaban J connectivity index is 1.75. The third-order valence-electron chi connectivity index (χ3n) is 4.16. The summed E-state index contributed by atoms with van der Waals surface area (Å²) < 4.78 is 12.1. The maximum Gasteiger partial charge on any atom is 0.338 e. The van der Waals surface area contributed by atoms with Crippen molar-refractivity contribution in [3.05, 3.63) is 70.2 Å². The molecule has 2 aromatic heterocycles. The van der Waals surface area contributed by atoms with Crippen molar-refractivity contribution in [3.63, 3.8) is 0 Å². The molecule has 0 bridgehead atoms. The minimum atomic E-state index is -0.511. The first-order valence-corrected chi connectivity index (χ1v) is 8.26. The highest BCUT2D eigenvalue weighted by atomic mass is 16.5. The number of benzene rings is 1. The summed E-state index contributed by atoms with van der Waals surface area (Å²) in [4.78, 5) is 24.6. The molecule has 0 aliphatic heterocycles. The maximum atomic E-state index is 12.5. The normalized spacial score (nSPS) is 10.8. The molecule has 0 N–H and O–H groups in total. The Labute approximate surface area is 151 Å². The number of hydrogen-bond acceptors (Lipinski definition) is 5. The number of esters is 1. The Morgan fingerprint density at radius 3 is 2.54 bits per heavy atom. The fourth-order valence-corrected chi connectivity index (χ4v) is 2.92. The van der Waals surface area contributed by atoms with Gasteiger partial charge in [-0.3, -0.25) is 9.36 Å². The average Bonchev–Trinajstić information content (AvgIpc) is 3.15. The lowest BCUT2D eigenvalue weighted by molar-refractivity contribution is 0.0474. The lowest BCUT2D eigenvalue weighted by Gasteiger charge is -2.06. The molecule has 26 heavy (non-hydrogen) atoms. The zero-order chi connectivity index (χ0) is 18.8. The molecule has 0 atom stereocenters. The van der Waals surface area contributed by atoms with Gasteiger partial charge in [-0.1, -0.05) is 22.9 Å². The Kier molecular flexibility index (Phi) is 4.75. The number of ketones is 1. The first kappa shape index (κ1) is 17.7. The van der Waals surface area contributed by atoms with E-state index in [9.17, 15) is 9.59 Å². The van der Waals surface area contributed by atoms with Crippen molar-refractivity contribution >= 4 is 11.8 Å². The smallest absolute Gasteiger partial charge is 0.338 e. The minimum Gasteiger partial charge on any atom is -0.454 e. The van der Waals surface area contributed by atoms with Crippen molar-refractivity contribution < 1.29 is 18.8 Å².